The van der Waals surface area contributed by atoms with Gasteiger partial charge in [0.1, 0.15) is 12.4 Å². The molecule has 184 valence electrons. The summed E-state index contributed by atoms with van der Waals surface area (Å²) in [7, 11) is 2.18. The zero-order valence-corrected chi connectivity index (χ0v) is 20.7. The number of ether oxygens (including phenoxy) is 1. The van der Waals surface area contributed by atoms with Gasteiger partial charge < -0.3 is 19.9 Å². The number of aromatic nitrogens is 2. The van der Waals surface area contributed by atoms with Gasteiger partial charge in [0.05, 0.1) is 5.69 Å². The minimum atomic E-state index is 0.287. The Balaban J connectivity index is 1.27. The van der Waals surface area contributed by atoms with E-state index >= 15 is 0 Å². The van der Waals surface area contributed by atoms with Gasteiger partial charge in [0.2, 0.25) is 0 Å². The molecule has 4 heterocycles. The van der Waals surface area contributed by atoms with E-state index in [0.717, 1.165) is 63.6 Å². The zero-order valence-electron chi connectivity index (χ0n) is 20.7. The molecule has 0 amide bonds. The fourth-order valence-corrected chi connectivity index (χ4v) is 6.36. The summed E-state index contributed by atoms with van der Waals surface area (Å²) in [5.41, 5.74) is 5.36. The molecule has 1 aromatic carbocycles. The molecule has 0 saturated carbocycles. The quantitative estimate of drug-likeness (QED) is 0.649. The van der Waals surface area contributed by atoms with Gasteiger partial charge in [0.25, 0.3) is 0 Å². The molecule has 4 aliphatic rings. The Kier molecular flexibility index (Phi) is 6.36. The maximum atomic E-state index is 6.25. The van der Waals surface area contributed by atoms with E-state index in [1.165, 1.54) is 36.0 Å². The molecular formula is C28H36N6O. The monoisotopic (exact) mass is 472 g/mol. The van der Waals surface area contributed by atoms with Crippen LogP contribution in [0.4, 0.5) is 5.82 Å². The number of likely N-dealkylation sites (N-methyl/N-ethyl adjacent to an activating group) is 1. The van der Waals surface area contributed by atoms with Gasteiger partial charge in [-0.25, -0.2) is 0 Å². The maximum Gasteiger partial charge on any atom is 0.318 e. The molecule has 1 N–H and O–H groups in total. The van der Waals surface area contributed by atoms with Crippen LogP contribution in [-0.2, 0) is 19.5 Å². The first-order valence-electron chi connectivity index (χ1n) is 13.2. The van der Waals surface area contributed by atoms with E-state index in [4.69, 9.17) is 21.1 Å². The minimum absolute atomic E-state index is 0.287. The second-order valence-corrected chi connectivity index (χ2v) is 10.5. The normalized spacial score (nSPS) is 26.5. The van der Waals surface area contributed by atoms with Crippen molar-refractivity contribution in [2.24, 2.45) is 0 Å². The molecule has 0 radical (unpaired) electrons. The fraction of sp³-hybridized carbons (Fsp3) is 0.571. The molecule has 6 rings (SSSR count). The number of piperazine rings is 1. The van der Waals surface area contributed by atoms with E-state index in [1.807, 2.05) is 0 Å². The van der Waals surface area contributed by atoms with Crippen molar-refractivity contribution in [1.29, 1.82) is 0 Å². The molecule has 3 aliphatic heterocycles. The van der Waals surface area contributed by atoms with Crippen LogP contribution in [0.25, 0.3) is 0 Å². The number of nitrogens with one attached hydrogen (secondary N) is 1. The number of benzene rings is 1. The van der Waals surface area contributed by atoms with Gasteiger partial charge in [-0.1, -0.05) is 24.3 Å². The van der Waals surface area contributed by atoms with Crippen LogP contribution in [-0.4, -0.2) is 71.7 Å². The lowest BCUT2D eigenvalue weighted by molar-refractivity contribution is 0.186. The molecule has 7 nitrogen and oxygen atoms in total. The fourth-order valence-electron chi connectivity index (χ4n) is 6.36. The van der Waals surface area contributed by atoms with Crippen molar-refractivity contribution in [3.8, 4) is 18.4 Å². The summed E-state index contributed by atoms with van der Waals surface area (Å²) in [4.78, 5) is 17.4. The lowest BCUT2D eigenvalue weighted by Gasteiger charge is -2.35. The van der Waals surface area contributed by atoms with Crippen LogP contribution in [0.3, 0.4) is 0 Å². The molecule has 35 heavy (non-hydrogen) atoms. The third-order valence-corrected chi connectivity index (χ3v) is 8.30. The summed E-state index contributed by atoms with van der Waals surface area (Å²) < 4.78 is 6.25. The summed E-state index contributed by atoms with van der Waals surface area (Å²) in [6.45, 7) is 6.22. The van der Waals surface area contributed by atoms with Crippen LogP contribution in [0.5, 0.6) is 6.01 Å². The topological polar surface area (TPSA) is 56.8 Å². The summed E-state index contributed by atoms with van der Waals surface area (Å²) in [5, 5.41) is 3.56. The molecule has 7 heteroatoms. The zero-order chi connectivity index (χ0) is 23.8. The Labute approximate surface area is 208 Å². The van der Waals surface area contributed by atoms with Gasteiger partial charge in [0.15, 0.2) is 0 Å². The largest absolute Gasteiger partial charge is 0.462 e. The molecule has 1 aliphatic carbocycles. The van der Waals surface area contributed by atoms with Crippen molar-refractivity contribution in [3.05, 3.63) is 46.6 Å². The second kappa shape index (κ2) is 9.77. The van der Waals surface area contributed by atoms with E-state index in [2.05, 4.69) is 57.3 Å². The molecule has 2 fully saturated rings. The minimum Gasteiger partial charge on any atom is -0.462 e. The number of fused-ring (bicyclic) bond motifs is 2. The standard InChI is InChI=1S/C28H36N6O/c1-3-7-21-16-33(15-13-29-21)27-24-17-34(26-12-11-20-8-4-5-10-23(20)26)18-25(24)30-28(31-27)35-19-22-9-6-14-32(22)2/h1,4-5,8,10,21-22,26,29H,6-7,9,11-19H2,2H3/t21?,22-,26?/m0/s1. The molecule has 2 saturated heterocycles. The molecule has 2 unspecified atom stereocenters. The summed E-state index contributed by atoms with van der Waals surface area (Å²) >= 11 is 0. The van der Waals surface area contributed by atoms with Gasteiger partial charge in [-0.15, -0.1) is 12.3 Å². The van der Waals surface area contributed by atoms with Crippen LogP contribution in [0.15, 0.2) is 24.3 Å². The highest BCUT2D eigenvalue weighted by Gasteiger charge is 2.36. The molecule has 2 aromatic rings. The molecule has 3 atom stereocenters. The van der Waals surface area contributed by atoms with Gasteiger partial charge in [-0.05, 0) is 50.4 Å². The van der Waals surface area contributed by atoms with E-state index < -0.39 is 0 Å². The number of nitrogens with zero attached hydrogens (tertiary/aromatic N) is 5. The maximum absolute atomic E-state index is 6.25. The van der Waals surface area contributed by atoms with Crippen molar-refractivity contribution in [3.63, 3.8) is 0 Å². The van der Waals surface area contributed by atoms with Gasteiger partial charge in [-0.3, -0.25) is 4.90 Å². The Morgan fingerprint density at radius 2 is 2.09 bits per heavy atom. The highest BCUT2D eigenvalue weighted by atomic mass is 16.5. The molecular weight excluding hydrogens is 436 g/mol. The van der Waals surface area contributed by atoms with Crippen molar-refractivity contribution in [1.82, 2.24) is 25.1 Å². The van der Waals surface area contributed by atoms with Crippen molar-refractivity contribution in [2.75, 3.05) is 44.7 Å². The Morgan fingerprint density at radius 1 is 1.17 bits per heavy atom. The predicted molar refractivity (Wildman–Crippen MR) is 137 cm³/mol. The van der Waals surface area contributed by atoms with Crippen LogP contribution in [0.2, 0.25) is 0 Å². The Morgan fingerprint density at radius 3 is 2.94 bits per heavy atom. The number of terminal acetylenes is 1. The first-order chi connectivity index (χ1) is 17.2. The third-order valence-electron chi connectivity index (χ3n) is 8.30. The van der Waals surface area contributed by atoms with Gasteiger partial charge >= 0.3 is 6.01 Å². The summed E-state index contributed by atoms with van der Waals surface area (Å²) in [5.74, 6) is 3.87. The highest BCUT2D eigenvalue weighted by Crippen LogP contribution is 2.42. The van der Waals surface area contributed by atoms with E-state index in [-0.39, 0.29) is 6.04 Å². The van der Waals surface area contributed by atoms with E-state index in [0.29, 0.717) is 24.7 Å². The van der Waals surface area contributed by atoms with Crippen molar-refractivity contribution in [2.45, 2.75) is 63.3 Å². The van der Waals surface area contributed by atoms with Crippen LogP contribution in [0, 0.1) is 12.3 Å². The number of anilines is 1. The molecule has 1 aromatic heterocycles. The number of hydrogen-bond donors (Lipinski definition) is 1. The second-order valence-electron chi connectivity index (χ2n) is 10.5. The lowest BCUT2D eigenvalue weighted by atomic mass is 10.1. The molecule has 0 spiro atoms. The highest BCUT2D eigenvalue weighted by molar-refractivity contribution is 5.52. The number of hydrogen-bond acceptors (Lipinski definition) is 7. The van der Waals surface area contributed by atoms with Crippen LogP contribution >= 0.6 is 0 Å². The van der Waals surface area contributed by atoms with Crippen molar-refractivity contribution < 1.29 is 4.74 Å². The van der Waals surface area contributed by atoms with Gasteiger partial charge in [0, 0.05) is 62.8 Å². The predicted octanol–water partition coefficient (Wildman–Crippen LogP) is 2.75. The average Bonchev–Trinajstić information content (AvgIpc) is 3.60. The lowest BCUT2D eigenvalue weighted by Crippen LogP contribution is -2.51. The Hall–Kier alpha value is -2.66. The summed E-state index contributed by atoms with van der Waals surface area (Å²) in [6.07, 6.45) is 11.1. The SMILES string of the molecule is C#CCC1CN(c2nc(OC[C@@H]3CCCN3C)nc3c2CN(C2CCc4ccccc42)C3)CCN1. The number of aryl methyl sites for hydroxylation is 1. The third kappa shape index (κ3) is 4.51. The molecule has 0 bridgehead atoms. The number of likely N-dealkylation sites (tertiary alicyclic amines) is 1. The van der Waals surface area contributed by atoms with Gasteiger partial charge in [-0.2, -0.15) is 9.97 Å². The summed E-state index contributed by atoms with van der Waals surface area (Å²) in [6, 6.07) is 10.6. The van der Waals surface area contributed by atoms with Crippen molar-refractivity contribution >= 4 is 5.82 Å². The first-order valence-corrected chi connectivity index (χ1v) is 13.2. The van der Waals surface area contributed by atoms with Crippen LogP contribution < -0.4 is 15.0 Å². The van der Waals surface area contributed by atoms with Crippen LogP contribution in [0.1, 0.15) is 54.1 Å². The average molecular weight is 473 g/mol. The Bertz CT molecular complexity index is 1110. The van der Waals surface area contributed by atoms with E-state index in [1.54, 1.807) is 0 Å². The smallest absolute Gasteiger partial charge is 0.318 e. The number of rotatable bonds is 6. The first kappa shape index (κ1) is 22.8. The van der Waals surface area contributed by atoms with E-state index in [9.17, 15) is 0 Å².